The van der Waals surface area contributed by atoms with Crippen molar-refractivity contribution in [3.63, 3.8) is 0 Å². The summed E-state index contributed by atoms with van der Waals surface area (Å²) in [4.78, 5) is 13.8. The van der Waals surface area contributed by atoms with E-state index in [1.807, 2.05) is 17.0 Å². The van der Waals surface area contributed by atoms with Crippen molar-refractivity contribution in [3.8, 4) is 16.9 Å². The predicted octanol–water partition coefficient (Wildman–Crippen LogP) is 6.00. The molecule has 0 radical (unpaired) electrons. The van der Waals surface area contributed by atoms with Crippen molar-refractivity contribution >= 4 is 27.5 Å². The van der Waals surface area contributed by atoms with Crippen LogP contribution in [0.1, 0.15) is 43.4 Å². The molecule has 3 aliphatic heterocycles. The second kappa shape index (κ2) is 8.27. The third-order valence-corrected chi connectivity index (χ3v) is 7.77. The Labute approximate surface area is 208 Å². The number of nitrogens with zero attached hydrogens (tertiary/aromatic N) is 3. The Hall–Kier alpha value is -3.12. The van der Waals surface area contributed by atoms with Crippen molar-refractivity contribution in [2.45, 2.75) is 38.0 Å². The smallest absolute Gasteiger partial charge is 0.219 e. The lowest BCUT2D eigenvalue weighted by Gasteiger charge is -2.51. The molecule has 6 rings (SSSR count). The van der Waals surface area contributed by atoms with E-state index in [0.29, 0.717) is 13.1 Å². The third kappa shape index (κ3) is 3.61. The Morgan fingerprint density at radius 1 is 0.971 bits per heavy atom. The SMILES string of the molecule is CC(=O)N1CCC2(CC1)Oc1ccc(Br)cc1[C@@H]1CC(c3ccc(-c4ccccc4)cc3)=NN12. The molecule has 5 nitrogen and oxygen atoms in total. The third-order valence-electron chi connectivity index (χ3n) is 7.27. The van der Waals surface area contributed by atoms with E-state index in [0.717, 1.165) is 46.3 Å². The van der Waals surface area contributed by atoms with Gasteiger partial charge in [-0.2, -0.15) is 5.10 Å². The van der Waals surface area contributed by atoms with Crippen LogP contribution >= 0.6 is 15.9 Å². The summed E-state index contributed by atoms with van der Waals surface area (Å²) in [6, 6.07) is 25.5. The van der Waals surface area contributed by atoms with Gasteiger partial charge in [-0.15, -0.1) is 0 Å². The van der Waals surface area contributed by atoms with Gasteiger partial charge in [0, 0.05) is 49.3 Å². The summed E-state index contributed by atoms with van der Waals surface area (Å²) in [6.07, 6.45) is 2.31. The van der Waals surface area contributed by atoms with Gasteiger partial charge in [-0.25, -0.2) is 5.01 Å². The number of piperidine rings is 1. The molecule has 0 N–H and O–H groups in total. The Morgan fingerprint density at radius 2 is 1.65 bits per heavy atom. The number of hydrogen-bond donors (Lipinski definition) is 0. The average molecular weight is 516 g/mol. The first-order valence-corrected chi connectivity index (χ1v) is 12.6. The fourth-order valence-corrected chi connectivity index (χ4v) is 5.79. The molecule has 1 spiro atoms. The number of halogens is 1. The molecule has 3 aromatic carbocycles. The molecule has 6 heteroatoms. The van der Waals surface area contributed by atoms with Crippen LogP contribution in [0.15, 0.2) is 82.4 Å². The lowest BCUT2D eigenvalue weighted by atomic mass is 9.90. The number of ether oxygens (including phenoxy) is 1. The maximum Gasteiger partial charge on any atom is 0.219 e. The highest BCUT2D eigenvalue weighted by Gasteiger charge is 2.52. The molecule has 0 aromatic heterocycles. The fraction of sp³-hybridized carbons (Fsp3) is 0.286. The summed E-state index contributed by atoms with van der Waals surface area (Å²) >= 11 is 3.63. The lowest BCUT2D eigenvalue weighted by molar-refractivity contribution is -0.158. The summed E-state index contributed by atoms with van der Waals surface area (Å²) in [5.74, 6) is 1.05. The van der Waals surface area contributed by atoms with Gasteiger partial charge in [-0.1, -0.05) is 70.5 Å². The molecule has 3 aliphatic rings. The van der Waals surface area contributed by atoms with Crippen molar-refractivity contribution in [1.29, 1.82) is 0 Å². The summed E-state index contributed by atoms with van der Waals surface area (Å²) in [7, 11) is 0. The van der Waals surface area contributed by atoms with Gasteiger partial charge in [0.05, 0.1) is 11.8 Å². The zero-order valence-electron chi connectivity index (χ0n) is 19.1. The minimum atomic E-state index is -0.525. The van der Waals surface area contributed by atoms with Gasteiger partial charge in [-0.05, 0) is 34.9 Å². The van der Waals surface area contributed by atoms with E-state index in [-0.39, 0.29) is 11.9 Å². The quantitative estimate of drug-likeness (QED) is 0.420. The molecule has 0 unspecified atom stereocenters. The number of benzene rings is 3. The second-order valence-corrected chi connectivity index (χ2v) is 10.2. The van der Waals surface area contributed by atoms with Gasteiger partial charge in [0.2, 0.25) is 11.6 Å². The van der Waals surface area contributed by atoms with E-state index >= 15 is 0 Å². The van der Waals surface area contributed by atoms with E-state index < -0.39 is 5.72 Å². The van der Waals surface area contributed by atoms with Crippen LogP contribution in [0, 0.1) is 0 Å². The minimum Gasteiger partial charge on any atom is -0.466 e. The number of carbonyl (C=O) groups is 1. The van der Waals surface area contributed by atoms with Gasteiger partial charge >= 0.3 is 0 Å². The van der Waals surface area contributed by atoms with Crippen molar-refractivity contribution in [2.24, 2.45) is 5.10 Å². The van der Waals surface area contributed by atoms with Crippen molar-refractivity contribution < 1.29 is 9.53 Å². The van der Waals surface area contributed by atoms with Crippen molar-refractivity contribution in [3.05, 3.63) is 88.4 Å². The van der Waals surface area contributed by atoms with E-state index in [1.165, 1.54) is 11.1 Å². The number of carbonyl (C=O) groups excluding carboxylic acids is 1. The van der Waals surface area contributed by atoms with Crippen LogP contribution in [0.4, 0.5) is 0 Å². The Bertz CT molecular complexity index is 1260. The fourth-order valence-electron chi connectivity index (χ4n) is 5.41. The Balaban J connectivity index is 1.35. The van der Waals surface area contributed by atoms with Gasteiger partial charge in [-0.3, -0.25) is 4.79 Å². The monoisotopic (exact) mass is 515 g/mol. The van der Waals surface area contributed by atoms with Crippen LogP contribution in [-0.2, 0) is 4.79 Å². The molecule has 0 saturated carbocycles. The molecular weight excluding hydrogens is 490 g/mol. The normalized spacial score (nSPS) is 20.4. The first kappa shape index (κ1) is 21.4. The highest BCUT2D eigenvalue weighted by atomic mass is 79.9. The van der Waals surface area contributed by atoms with Crippen LogP contribution < -0.4 is 4.74 Å². The molecule has 0 bridgehead atoms. The van der Waals surface area contributed by atoms with E-state index in [2.05, 4.69) is 81.6 Å². The molecule has 1 amide bonds. The first-order chi connectivity index (χ1) is 16.5. The maximum absolute atomic E-state index is 11.9. The zero-order chi connectivity index (χ0) is 23.3. The van der Waals surface area contributed by atoms with Gasteiger partial charge in [0.1, 0.15) is 5.75 Å². The first-order valence-electron chi connectivity index (χ1n) is 11.8. The number of amides is 1. The minimum absolute atomic E-state index is 0.119. The molecular formula is C28H26BrN3O2. The Morgan fingerprint density at radius 3 is 2.35 bits per heavy atom. The maximum atomic E-state index is 11.9. The van der Waals surface area contributed by atoms with E-state index in [4.69, 9.17) is 9.84 Å². The number of fused-ring (bicyclic) bond motifs is 4. The summed E-state index contributed by atoms with van der Waals surface area (Å²) in [6.45, 7) is 3.00. The zero-order valence-corrected chi connectivity index (χ0v) is 20.7. The highest BCUT2D eigenvalue weighted by Crippen LogP contribution is 2.50. The van der Waals surface area contributed by atoms with Crippen LogP contribution in [0.25, 0.3) is 11.1 Å². The Kier molecular flexibility index (Phi) is 5.21. The summed E-state index contributed by atoms with van der Waals surface area (Å²) in [5.41, 5.74) is 5.27. The lowest BCUT2D eigenvalue weighted by Crippen LogP contribution is -2.59. The molecule has 172 valence electrons. The summed E-state index contributed by atoms with van der Waals surface area (Å²) < 4.78 is 7.72. The van der Waals surface area contributed by atoms with Crippen molar-refractivity contribution in [1.82, 2.24) is 9.91 Å². The molecule has 1 atom stereocenters. The van der Waals surface area contributed by atoms with Crippen LogP contribution in [0.3, 0.4) is 0 Å². The van der Waals surface area contributed by atoms with E-state index in [1.54, 1.807) is 6.92 Å². The van der Waals surface area contributed by atoms with Crippen LogP contribution in [-0.4, -0.2) is 40.3 Å². The van der Waals surface area contributed by atoms with Gasteiger partial charge in [0.15, 0.2) is 0 Å². The molecule has 3 heterocycles. The predicted molar refractivity (Wildman–Crippen MR) is 137 cm³/mol. The number of likely N-dealkylation sites (tertiary alicyclic amines) is 1. The summed E-state index contributed by atoms with van der Waals surface area (Å²) in [5, 5.41) is 7.36. The number of hydrazone groups is 1. The number of rotatable bonds is 2. The van der Waals surface area contributed by atoms with Crippen molar-refractivity contribution in [2.75, 3.05) is 13.1 Å². The molecule has 3 aromatic rings. The van der Waals surface area contributed by atoms with Crippen LogP contribution in [0.5, 0.6) is 5.75 Å². The molecule has 34 heavy (non-hydrogen) atoms. The van der Waals surface area contributed by atoms with Gasteiger partial charge < -0.3 is 9.64 Å². The van der Waals surface area contributed by atoms with Gasteiger partial charge in [0.25, 0.3) is 0 Å². The van der Waals surface area contributed by atoms with E-state index in [9.17, 15) is 4.79 Å². The van der Waals surface area contributed by atoms with Crippen LogP contribution in [0.2, 0.25) is 0 Å². The second-order valence-electron chi connectivity index (χ2n) is 9.29. The topological polar surface area (TPSA) is 45.1 Å². The standard InChI is InChI=1S/C28H26BrN3O2/c1-19(33)31-15-13-28(14-16-31)32-26(24-17-23(29)11-12-27(24)34-28)18-25(30-32)22-9-7-21(8-10-22)20-5-3-2-4-6-20/h2-12,17,26H,13-16,18H2,1H3/t26-/m0/s1. The largest absolute Gasteiger partial charge is 0.466 e. The highest BCUT2D eigenvalue weighted by molar-refractivity contribution is 9.10. The average Bonchev–Trinajstić information content (AvgIpc) is 3.33. The molecule has 0 aliphatic carbocycles. The molecule has 1 fully saturated rings. The number of hydrogen-bond acceptors (Lipinski definition) is 4. The molecule has 1 saturated heterocycles.